The predicted molar refractivity (Wildman–Crippen MR) is 59.6 cm³/mol. The molecule has 12 heavy (non-hydrogen) atoms. The molecule has 1 N–H and O–H groups in total. The Labute approximate surface area is 85.9 Å². The van der Waals surface area contributed by atoms with Gasteiger partial charge in [0.05, 0.1) is 0 Å². The van der Waals surface area contributed by atoms with Crippen LogP contribution in [0.3, 0.4) is 0 Å². The first-order valence-electron chi connectivity index (χ1n) is 4.35. The highest BCUT2D eigenvalue weighted by atomic mass is 35.5. The Bertz CT molecular complexity index is 97.1. The van der Waals surface area contributed by atoms with Crippen LogP contribution in [-0.4, -0.2) is 49.6 Å². The zero-order chi connectivity index (χ0) is 7.94. The quantitative estimate of drug-likeness (QED) is 0.699. The van der Waals surface area contributed by atoms with E-state index in [1.807, 2.05) is 11.8 Å². The van der Waals surface area contributed by atoms with Gasteiger partial charge in [0.25, 0.3) is 0 Å². The van der Waals surface area contributed by atoms with Crippen LogP contribution in [0.4, 0.5) is 0 Å². The Morgan fingerprint density at radius 2 is 2.00 bits per heavy atom. The summed E-state index contributed by atoms with van der Waals surface area (Å²) in [5.41, 5.74) is 0. The summed E-state index contributed by atoms with van der Waals surface area (Å²) in [5.74, 6) is 1.31. The predicted octanol–water partition coefficient (Wildman–Crippen LogP) is 1.07. The molecule has 0 unspecified atom stereocenters. The van der Waals surface area contributed by atoms with Gasteiger partial charge in [0, 0.05) is 26.2 Å². The number of nitrogens with one attached hydrogen (secondary N) is 1. The number of hydrogen-bond acceptors (Lipinski definition) is 3. The number of hydrogen-bond donors (Lipinski definition) is 1. The van der Waals surface area contributed by atoms with E-state index in [1.165, 1.54) is 44.9 Å². The van der Waals surface area contributed by atoms with E-state index in [9.17, 15) is 0 Å². The van der Waals surface area contributed by atoms with Crippen LogP contribution >= 0.6 is 24.2 Å². The van der Waals surface area contributed by atoms with Crippen molar-refractivity contribution in [3.05, 3.63) is 0 Å². The van der Waals surface area contributed by atoms with Crippen molar-refractivity contribution in [2.24, 2.45) is 0 Å². The first-order chi connectivity index (χ1) is 5.43. The Morgan fingerprint density at radius 1 is 1.33 bits per heavy atom. The number of piperazine rings is 1. The van der Waals surface area contributed by atoms with Crippen molar-refractivity contribution in [2.75, 3.05) is 44.7 Å². The Morgan fingerprint density at radius 3 is 2.58 bits per heavy atom. The number of halogens is 1. The van der Waals surface area contributed by atoms with Crippen LogP contribution in [-0.2, 0) is 0 Å². The van der Waals surface area contributed by atoms with Gasteiger partial charge in [-0.1, -0.05) is 0 Å². The SMILES string of the molecule is CSCCCN1CCNCC1.Cl. The maximum atomic E-state index is 3.36. The van der Waals surface area contributed by atoms with Crippen LogP contribution in [0.2, 0.25) is 0 Å². The van der Waals surface area contributed by atoms with Gasteiger partial charge >= 0.3 is 0 Å². The molecule has 74 valence electrons. The summed E-state index contributed by atoms with van der Waals surface area (Å²) in [6.07, 6.45) is 3.53. The van der Waals surface area contributed by atoms with Crippen molar-refractivity contribution in [3.63, 3.8) is 0 Å². The van der Waals surface area contributed by atoms with Crippen molar-refractivity contribution in [1.29, 1.82) is 0 Å². The molecular weight excluding hydrogens is 192 g/mol. The number of nitrogens with zero attached hydrogens (tertiary/aromatic N) is 1. The largest absolute Gasteiger partial charge is 0.314 e. The Hall–Kier alpha value is 0.560. The van der Waals surface area contributed by atoms with Gasteiger partial charge in [-0.15, -0.1) is 12.4 Å². The third kappa shape index (κ3) is 5.25. The van der Waals surface area contributed by atoms with Crippen molar-refractivity contribution in [1.82, 2.24) is 10.2 Å². The molecular formula is C8H19ClN2S. The molecule has 4 heteroatoms. The second-order valence-electron chi connectivity index (χ2n) is 2.94. The van der Waals surface area contributed by atoms with E-state index in [0.717, 1.165) is 0 Å². The molecule has 1 aliphatic heterocycles. The first kappa shape index (κ1) is 12.6. The summed E-state index contributed by atoms with van der Waals surface area (Å²) < 4.78 is 0. The van der Waals surface area contributed by atoms with E-state index in [-0.39, 0.29) is 12.4 Å². The van der Waals surface area contributed by atoms with Gasteiger partial charge in [-0.2, -0.15) is 11.8 Å². The lowest BCUT2D eigenvalue weighted by Gasteiger charge is -2.26. The lowest BCUT2D eigenvalue weighted by Crippen LogP contribution is -2.43. The number of thioether (sulfide) groups is 1. The normalized spacial score (nSPS) is 18.8. The minimum atomic E-state index is 0. The third-order valence-electron chi connectivity index (χ3n) is 2.03. The van der Waals surface area contributed by atoms with Crippen LogP contribution in [0.5, 0.6) is 0 Å². The third-order valence-corrected chi connectivity index (χ3v) is 2.73. The highest BCUT2D eigenvalue weighted by molar-refractivity contribution is 7.98. The van der Waals surface area contributed by atoms with Crippen molar-refractivity contribution in [2.45, 2.75) is 6.42 Å². The average Bonchev–Trinajstić information content (AvgIpc) is 2.07. The van der Waals surface area contributed by atoms with E-state index in [4.69, 9.17) is 0 Å². The van der Waals surface area contributed by atoms with Crippen LogP contribution in [0, 0.1) is 0 Å². The van der Waals surface area contributed by atoms with Gasteiger partial charge in [0.15, 0.2) is 0 Å². The van der Waals surface area contributed by atoms with Crippen molar-refractivity contribution >= 4 is 24.2 Å². The van der Waals surface area contributed by atoms with E-state index < -0.39 is 0 Å². The fourth-order valence-electron chi connectivity index (χ4n) is 1.37. The molecule has 1 fully saturated rings. The van der Waals surface area contributed by atoms with Crippen LogP contribution in [0.25, 0.3) is 0 Å². The number of rotatable bonds is 4. The fraction of sp³-hybridized carbons (Fsp3) is 1.00. The standard InChI is InChI=1S/C8H18N2S.ClH/c1-11-8-2-5-10-6-3-9-4-7-10;/h9H,2-8H2,1H3;1H. The topological polar surface area (TPSA) is 15.3 Å². The molecule has 0 atom stereocenters. The summed E-state index contributed by atoms with van der Waals surface area (Å²) in [7, 11) is 0. The fourth-order valence-corrected chi connectivity index (χ4v) is 1.79. The summed E-state index contributed by atoms with van der Waals surface area (Å²) in [4.78, 5) is 2.55. The molecule has 1 heterocycles. The minimum Gasteiger partial charge on any atom is -0.314 e. The molecule has 0 amide bonds. The van der Waals surface area contributed by atoms with Crippen LogP contribution < -0.4 is 5.32 Å². The van der Waals surface area contributed by atoms with Gasteiger partial charge in [-0.25, -0.2) is 0 Å². The lowest BCUT2D eigenvalue weighted by molar-refractivity contribution is 0.242. The Balaban J connectivity index is 0.00000121. The minimum absolute atomic E-state index is 0. The van der Waals surface area contributed by atoms with Gasteiger partial charge in [-0.05, 0) is 25.0 Å². The van der Waals surface area contributed by atoms with E-state index >= 15 is 0 Å². The molecule has 1 saturated heterocycles. The average molecular weight is 211 g/mol. The zero-order valence-electron chi connectivity index (χ0n) is 7.71. The van der Waals surface area contributed by atoms with Crippen molar-refractivity contribution < 1.29 is 0 Å². The zero-order valence-corrected chi connectivity index (χ0v) is 9.35. The second-order valence-corrected chi connectivity index (χ2v) is 3.92. The van der Waals surface area contributed by atoms with Gasteiger partial charge < -0.3 is 10.2 Å². The molecule has 0 bridgehead atoms. The second kappa shape index (κ2) is 8.17. The maximum absolute atomic E-state index is 3.36. The molecule has 2 nitrogen and oxygen atoms in total. The summed E-state index contributed by atoms with van der Waals surface area (Å²) in [6.45, 7) is 6.14. The summed E-state index contributed by atoms with van der Waals surface area (Å²) in [6, 6.07) is 0. The molecule has 0 saturated carbocycles. The maximum Gasteiger partial charge on any atom is 0.0107 e. The first-order valence-corrected chi connectivity index (χ1v) is 5.75. The highest BCUT2D eigenvalue weighted by Crippen LogP contribution is 1.99. The van der Waals surface area contributed by atoms with Crippen LogP contribution in [0.1, 0.15) is 6.42 Å². The molecule has 1 rings (SSSR count). The molecule has 0 aromatic rings. The molecule has 0 aromatic heterocycles. The van der Waals surface area contributed by atoms with Crippen molar-refractivity contribution in [3.8, 4) is 0 Å². The highest BCUT2D eigenvalue weighted by Gasteiger charge is 2.07. The van der Waals surface area contributed by atoms with Gasteiger partial charge in [-0.3, -0.25) is 0 Å². The smallest absolute Gasteiger partial charge is 0.0107 e. The molecule has 0 aliphatic carbocycles. The molecule has 0 radical (unpaired) electrons. The molecule has 0 spiro atoms. The van der Waals surface area contributed by atoms with Gasteiger partial charge in [0.1, 0.15) is 0 Å². The molecule has 0 aromatic carbocycles. The summed E-state index contributed by atoms with van der Waals surface area (Å²) in [5, 5.41) is 3.36. The van der Waals surface area contributed by atoms with Gasteiger partial charge in [0.2, 0.25) is 0 Å². The van der Waals surface area contributed by atoms with Crippen LogP contribution in [0.15, 0.2) is 0 Å². The monoisotopic (exact) mass is 210 g/mol. The lowest BCUT2D eigenvalue weighted by atomic mass is 10.3. The Kier molecular flexibility index (Phi) is 8.55. The van der Waals surface area contributed by atoms with E-state index in [2.05, 4.69) is 16.5 Å². The molecule has 1 aliphatic rings. The van der Waals surface area contributed by atoms with E-state index in [0.29, 0.717) is 0 Å². The summed E-state index contributed by atoms with van der Waals surface area (Å²) >= 11 is 1.95. The van der Waals surface area contributed by atoms with E-state index in [1.54, 1.807) is 0 Å².